The molecule has 1 N–H and O–H groups in total. The number of benzene rings is 1. The Morgan fingerprint density at radius 2 is 1.68 bits per heavy atom. The van der Waals surface area contributed by atoms with Crippen LogP contribution in [0.5, 0.6) is 0 Å². The zero-order valence-corrected chi connectivity index (χ0v) is 22.6. The van der Waals surface area contributed by atoms with Crippen molar-refractivity contribution in [2.75, 3.05) is 31.2 Å². The van der Waals surface area contributed by atoms with Crippen molar-refractivity contribution in [3.8, 4) is 5.69 Å². The van der Waals surface area contributed by atoms with Crippen LogP contribution in [-0.4, -0.2) is 50.9 Å². The summed E-state index contributed by atoms with van der Waals surface area (Å²) >= 11 is 5.90. The molecule has 194 valence electrons. The summed E-state index contributed by atoms with van der Waals surface area (Å²) < 4.78 is 7.87. The van der Waals surface area contributed by atoms with Crippen LogP contribution in [0.3, 0.4) is 0 Å². The number of aryl methyl sites for hydroxylation is 1. The molecule has 1 aromatic carbocycles. The van der Waals surface area contributed by atoms with Crippen molar-refractivity contribution < 1.29 is 4.74 Å². The van der Waals surface area contributed by atoms with E-state index in [1.165, 1.54) is 28.2 Å². The number of pyridine rings is 2. The average Bonchev–Trinajstić information content (AvgIpc) is 3.44. The summed E-state index contributed by atoms with van der Waals surface area (Å²) in [5.74, 6) is 0. The average molecular weight is 525 g/mol. The topological polar surface area (TPSA) is 58.5 Å². The maximum atomic E-state index is 5.90. The van der Waals surface area contributed by atoms with Gasteiger partial charge >= 0.3 is 0 Å². The van der Waals surface area contributed by atoms with E-state index in [0.29, 0.717) is 6.54 Å². The Kier molecular flexibility index (Phi) is 6.82. The Bertz CT molecular complexity index is 1400. The highest BCUT2D eigenvalue weighted by molar-refractivity contribution is 7.80. The molecule has 2 unspecified atom stereocenters. The van der Waals surface area contributed by atoms with Crippen molar-refractivity contribution in [2.45, 2.75) is 32.5 Å². The third kappa shape index (κ3) is 4.66. The first kappa shape index (κ1) is 24.6. The molecule has 5 heterocycles. The Morgan fingerprint density at radius 3 is 2.39 bits per heavy atom. The van der Waals surface area contributed by atoms with Crippen molar-refractivity contribution in [3.05, 3.63) is 107 Å². The van der Waals surface area contributed by atoms with Gasteiger partial charge in [0.05, 0.1) is 31.0 Å². The molecule has 3 aromatic heterocycles. The van der Waals surface area contributed by atoms with Crippen LogP contribution in [0.25, 0.3) is 5.69 Å². The lowest BCUT2D eigenvalue weighted by atomic mass is 9.96. The van der Waals surface area contributed by atoms with Crippen molar-refractivity contribution >= 4 is 23.0 Å². The lowest BCUT2D eigenvalue weighted by Crippen LogP contribution is -2.36. The molecule has 2 aliphatic heterocycles. The van der Waals surface area contributed by atoms with Crippen molar-refractivity contribution in [3.63, 3.8) is 0 Å². The SMILES string of the molecule is Cc1cc(C2C(c3ccccn3)NC(=S)N2Cc2ccncc2)c(C)n1-c1ccc(N2CCOCC2)cc1. The van der Waals surface area contributed by atoms with Crippen LogP contribution in [0.1, 0.15) is 40.3 Å². The predicted molar refractivity (Wildman–Crippen MR) is 154 cm³/mol. The summed E-state index contributed by atoms with van der Waals surface area (Å²) in [5, 5.41) is 4.32. The van der Waals surface area contributed by atoms with Crippen LogP contribution in [0.4, 0.5) is 5.69 Å². The maximum Gasteiger partial charge on any atom is 0.170 e. The summed E-state index contributed by atoms with van der Waals surface area (Å²) in [7, 11) is 0. The molecule has 0 saturated carbocycles. The lowest BCUT2D eigenvalue weighted by molar-refractivity contribution is 0.122. The molecule has 7 nitrogen and oxygen atoms in total. The molecular weight excluding hydrogens is 492 g/mol. The minimum atomic E-state index is -0.0526. The standard InChI is InChI=1S/C30H32N6OS/c1-21-19-26(22(2)36(21)25-8-6-24(7-9-25)34-15-17-37-18-16-34)29-28(27-5-3-4-12-32-27)33-30(38)35(29)20-23-10-13-31-14-11-23/h3-14,19,28-29H,15-18,20H2,1-2H3,(H,33,38). The number of hydrogen-bond acceptors (Lipinski definition) is 5. The minimum Gasteiger partial charge on any atom is -0.378 e. The van der Waals surface area contributed by atoms with Crippen molar-refractivity contribution in [1.29, 1.82) is 0 Å². The second-order valence-electron chi connectivity index (χ2n) is 9.89. The van der Waals surface area contributed by atoms with Gasteiger partial charge in [0, 0.05) is 61.0 Å². The minimum absolute atomic E-state index is 0.00172. The molecule has 8 heteroatoms. The summed E-state index contributed by atoms with van der Waals surface area (Å²) in [6.07, 6.45) is 5.51. The number of anilines is 1. The Balaban J connectivity index is 1.38. The van der Waals surface area contributed by atoms with E-state index in [1.54, 1.807) is 0 Å². The quantitative estimate of drug-likeness (QED) is 0.360. The Morgan fingerprint density at radius 1 is 0.947 bits per heavy atom. The molecule has 0 spiro atoms. The van der Waals surface area contributed by atoms with Crippen molar-refractivity contribution in [2.24, 2.45) is 0 Å². The zero-order chi connectivity index (χ0) is 26.1. The Labute approximate surface area is 229 Å². The van der Waals surface area contributed by atoms with E-state index in [-0.39, 0.29) is 12.1 Å². The highest BCUT2D eigenvalue weighted by Gasteiger charge is 2.41. The Hall–Kier alpha value is -3.75. The smallest absolute Gasteiger partial charge is 0.170 e. The van der Waals surface area contributed by atoms with E-state index < -0.39 is 0 Å². The fourth-order valence-electron chi connectivity index (χ4n) is 5.72. The van der Waals surface area contributed by atoms with Gasteiger partial charge in [-0.2, -0.15) is 0 Å². The summed E-state index contributed by atoms with van der Waals surface area (Å²) in [4.78, 5) is 13.6. The number of rotatable bonds is 6. The first-order valence-corrected chi connectivity index (χ1v) is 13.5. The van der Waals surface area contributed by atoms with Crippen LogP contribution in [0, 0.1) is 13.8 Å². The molecule has 0 amide bonds. The van der Waals surface area contributed by atoms with Crippen LogP contribution < -0.4 is 10.2 Å². The summed E-state index contributed by atoms with van der Waals surface area (Å²) in [6.45, 7) is 8.51. The van der Waals surface area contributed by atoms with Gasteiger partial charge < -0.3 is 24.4 Å². The van der Waals surface area contributed by atoms with Crippen LogP contribution in [-0.2, 0) is 11.3 Å². The summed E-state index contributed by atoms with van der Waals surface area (Å²) in [6, 6.07) is 21.3. The number of aromatic nitrogens is 3. The van der Waals surface area contributed by atoms with Gasteiger partial charge in [0.2, 0.25) is 0 Å². The molecule has 0 bridgehead atoms. The molecule has 2 saturated heterocycles. The highest BCUT2D eigenvalue weighted by atomic mass is 32.1. The largest absolute Gasteiger partial charge is 0.378 e. The third-order valence-corrected chi connectivity index (χ3v) is 7.93. The first-order valence-electron chi connectivity index (χ1n) is 13.1. The van der Waals surface area contributed by atoms with Crippen LogP contribution in [0.2, 0.25) is 0 Å². The van der Waals surface area contributed by atoms with Gasteiger partial charge in [-0.3, -0.25) is 9.97 Å². The van der Waals surface area contributed by atoms with Gasteiger partial charge in [0.1, 0.15) is 0 Å². The number of nitrogens with zero attached hydrogens (tertiary/aromatic N) is 5. The molecule has 38 heavy (non-hydrogen) atoms. The van der Waals surface area contributed by atoms with Crippen molar-refractivity contribution in [1.82, 2.24) is 24.8 Å². The molecule has 0 radical (unpaired) electrons. The second-order valence-corrected chi connectivity index (χ2v) is 10.3. The second kappa shape index (κ2) is 10.6. The fraction of sp³-hybridized carbons (Fsp3) is 0.300. The van der Waals surface area contributed by atoms with Gasteiger partial charge in [-0.1, -0.05) is 6.07 Å². The third-order valence-electron chi connectivity index (χ3n) is 7.57. The predicted octanol–water partition coefficient (Wildman–Crippen LogP) is 4.89. The van der Waals surface area contributed by atoms with Gasteiger partial charge in [0.15, 0.2) is 5.11 Å². The number of morpholine rings is 1. The van der Waals surface area contributed by atoms with E-state index >= 15 is 0 Å². The van der Waals surface area contributed by atoms with E-state index in [2.05, 4.69) is 74.9 Å². The fourth-order valence-corrected chi connectivity index (χ4v) is 6.02. The molecule has 2 aliphatic rings. The summed E-state index contributed by atoms with van der Waals surface area (Å²) in [5.41, 5.74) is 8.20. The van der Waals surface area contributed by atoms with Gasteiger partial charge in [0.25, 0.3) is 0 Å². The molecular formula is C30H32N6OS. The number of nitrogens with one attached hydrogen (secondary N) is 1. The number of hydrogen-bond donors (Lipinski definition) is 1. The van der Waals surface area contributed by atoms with E-state index in [9.17, 15) is 0 Å². The normalized spacial score (nSPS) is 19.6. The first-order chi connectivity index (χ1) is 18.6. The molecule has 2 atom stereocenters. The van der Waals surface area contributed by atoms with Gasteiger partial charge in [-0.15, -0.1) is 0 Å². The maximum absolute atomic E-state index is 5.90. The molecule has 4 aromatic rings. The van der Waals surface area contributed by atoms with Crippen LogP contribution in [0.15, 0.2) is 79.3 Å². The number of thiocarbonyl (C=S) groups is 1. The van der Waals surface area contributed by atoms with Gasteiger partial charge in [-0.05, 0) is 91.8 Å². The van der Waals surface area contributed by atoms with E-state index in [0.717, 1.165) is 42.8 Å². The molecule has 2 fully saturated rings. The molecule has 6 rings (SSSR count). The lowest BCUT2D eigenvalue weighted by Gasteiger charge is -2.29. The van der Waals surface area contributed by atoms with E-state index in [1.807, 2.05) is 42.9 Å². The zero-order valence-electron chi connectivity index (χ0n) is 21.7. The number of ether oxygens (including phenoxy) is 1. The van der Waals surface area contributed by atoms with E-state index in [4.69, 9.17) is 21.9 Å². The highest BCUT2D eigenvalue weighted by Crippen LogP contribution is 2.42. The monoisotopic (exact) mass is 524 g/mol. The van der Waals surface area contributed by atoms with Crippen LogP contribution >= 0.6 is 12.2 Å². The van der Waals surface area contributed by atoms with Gasteiger partial charge in [-0.25, -0.2) is 0 Å². The molecule has 0 aliphatic carbocycles.